The van der Waals surface area contributed by atoms with Crippen LogP contribution in [0.3, 0.4) is 0 Å². The van der Waals surface area contributed by atoms with E-state index in [0.29, 0.717) is 29.4 Å². The summed E-state index contributed by atoms with van der Waals surface area (Å²) in [4.78, 5) is 18.9. The van der Waals surface area contributed by atoms with Crippen molar-refractivity contribution in [2.24, 2.45) is 0 Å². The Labute approximate surface area is 145 Å². The van der Waals surface area contributed by atoms with Crippen LogP contribution in [0, 0.1) is 6.92 Å². The predicted octanol–water partition coefficient (Wildman–Crippen LogP) is 2.75. The zero-order valence-corrected chi connectivity index (χ0v) is 15.3. The van der Waals surface area contributed by atoms with Crippen LogP contribution in [0.15, 0.2) is 21.9 Å². The van der Waals surface area contributed by atoms with Crippen LogP contribution in [0.25, 0.3) is 10.8 Å². The average molecular weight is 368 g/mol. The maximum Gasteiger partial charge on any atom is 0.273 e. The lowest BCUT2D eigenvalue weighted by Crippen LogP contribution is -2.41. The first-order valence-electron chi connectivity index (χ1n) is 7.93. The number of furan rings is 1. The van der Waals surface area contributed by atoms with Crippen LogP contribution in [0.1, 0.15) is 36.0 Å². The van der Waals surface area contributed by atoms with Crippen molar-refractivity contribution in [1.29, 1.82) is 0 Å². The highest BCUT2D eigenvalue weighted by atomic mass is 32.2. The van der Waals surface area contributed by atoms with Gasteiger partial charge in [-0.25, -0.2) is 13.4 Å². The zero-order valence-electron chi connectivity index (χ0n) is 13.7. The Morgan fingerprint density at radius 1 is 1.46 bits per heavy atom. The number of hydrogen-bond donors (Lipinski definition) is 0. The largest absolute Gasteiger partial charge is 0.459 e. The number of hydrogen-bond acceptors (Lipinski definition) is 6. The van der Waals surface area contributed by atoms with Crippen LogP contribution < -0.4 is 0 Å². The molecule has 2 aromatic rings. The van der Waals surface area contributed by atoms with Gasteiger partial charge in [-0.1, -0.05) is 6.92 Å². The first-order chi connectivity index (χ1) is 11.4. The van der Waals surface area contributed by atoms with E-state index in [9.17, 15) is 13.2 Å². The molecule has 0 unspecified atom stereocenters. The maximum atomic E-state index is 12.8. The Balaban J connectivity index is 1.82. The van der Waals surface area contributed by atoms with E-state index in [1.807, 2.05) is 26.0 Å². The summed E-state index contributed by atoms with van der Waals surface area (Å²) in [5.41, 5.74) is 0.349. The summed E-state index contributed by atoms with van der Waals surface area (Å²) < 4.78 is 29.0. The number of amides is 1. The minimum atomic E-state index is -3.04. The molecule has 1 aliphatic heterocycles. The summed E-state index contributed by atoms with van der Waals surface area (Å²) in [6.45, 7) is 4.36. The van der Waals surface area contributed by atoms with Crippen molar-refractivity contribution < 1.29 is 17.6 Å². The highest BCUT2D eigenvalue weighted by molar-refractivity contribution is 7.91. The number of aromatic nitrogens is 1. The number of nitrogens with zero attached hydrogens (tertiary/aromatic N) is 2. The van der Waals surface area contributed by atoms with Crippen LogP contribution in [0.5, 0.6) is 0 Å². The molecule has 0 aliphatic carbocycles. The molecule has 1 amide bonds. The van der Waals surface area contributed by atoms with E-state index >= 15 is 0 Å². The molecule has 3 rings (SSSR count). The lowest BCUT2D eigenvalue weighted by atomic mass is 10.2. The monoisotopic (exact) mass is 368 g/mol. The second-order valence-corrected chi connectivity index (χ2v) is 9.09. The first kappa shape index (κ1) is 17.2. The molecule has 8 heteroatoms. The van der Waals surface area contributed by atoms with Crippen molar-refractivity contribution >= 4 is 27.1 Å². The van der Waals surface area contributed by atoms with E-state index in [1.54, 1.807) is 10.3 Å². The number of carbonyl (C=O) groups excluding carboxylic acids is 1. The highest BCUT2D eigenvalue weighted by Gasteiger charge is 2.35. The molecule has 1 saturated heterocycles. The number of rotatable bonds is 5. The Hall–Kier alpha value is -1.67. The minimum Gasteiger partial charge on any atom is -0.459 e. The van der Waals surface area contributed by atoms with Gasteiger partial charge in [0.05, 0.1) is 11.5 Å². The molecule has 0 spiro atoms. The van der Waals surface area contributed by atoms with Crippen LogP contribution >= 0.6 is 11.3 Å². The molecule has 0 saturated carbocycles. The fraction of sp³-hybridized carbons (Fsp3) is 0.500. The van der Waals surface area contributed by atoms with E-state index < -0.39 is 9.84 Å². The molecule has 0 radical (unpaired) electrons. The van der Waals surface area contributed by atoms with Crippen molar-refractivity contribution in [3.8, 4) is 10.8 Å². The normalized spacial score (nSPS) is 19.5. The van der Waals surface area contributed by atoms with E-state index in [1.165, 1.54) is 11.3 Å². The molecule has 130 valence electrons. The number of sulfone groups is 1. The zero-order chi connectivity index (χ0) is 17.3. The molecule has 3 heterocycles. The molecule has 1 atom stereocenters. The standard InChI is InChI=1S/C16H20N2O4S2/c1-3-7-18(12-6-8-24(20,21)10-12)16(19)13-9-23-15(17-13)14-5-4-11(2)22-14/h4-5,9,12H,3,6-8,10H2,1-2H3/t12-/m0/s1. The van der Waals surface area contributed by atoms with Crippen molar-refractivity contribution in [3.05, 3.63) is 29.0 Å². The van der Waals surface area contributed by atoms with Gasteiger partial charge in [-0.15, -0.1) is 11.3 Å². The summed E-state index contributed by atoms with van der Waals surface area (Å²) in [5.74, 6) is 1.43. The summed E-state index contributed by atoms with van der Waals surface area (Å²) in [7, 11) is -3.04. The summed E-state index contributed by atoms with van der Waals surface area (Å²) in [6, 6.07) is 3.43. The first-order valence-corrected chi connectivity index (χ1v) is 10.6. The third kappa shape index (κ3) is 3.54. The Bertz CT molecular complexity index is 838. The third-order valence-electron chi connectivity index (χ3n) is 4.05. The molecular weight excluding hydrogens is 348 g/mol. The van der Waals surface area contributed by atoms with Gasteiger partial charge in [0.2, 0.25) is 0 Å². The van der Waals surface area contributed by atoms with Gasteiger partial charge in [-0.2, -0.15) is 0 Å². The lowest BCUT2D eigenvalue weighted by molar-refractivity contribution is 0.0692. The molecule has 2 aromatic heterocycles. The SMILES string of the molecule is CCCN(C(=O)c1csc(-c2ccc(C)o2)n1)[C@H]1CCS(=O)(=O)C1. The number of carbonyl (C=O) groups is 1. The van der Waals surface area contributed by atoms with Gasteiger partial charge in [-0.3, -0.25) is 4.79 Å². The van der Waals surface area contributed by atoms with Crippen molar-refractivity contribution in [3.63, 3.8) is 0 Å². The van der Waals surface area contributed by atoms with E-state index in [0.717, 1.165) is 12.2 Å². The molecule has 0 bridgehead atoms. The maximum absolute atomic E-state index is 12.8. The predicted molar refractivity (Wildman–Crippen MR) is 92.9 cm³/mol. The number of thiazole rings is 1. The van der Waals surface area contributed by atoms with Gasteiger partial charge in [0.25, 0.3) is 5.91 Å². The average Bonchev–Trinajstić information content (AvgIpc) is 3.23. The van der Waals surface area contributed by atoms with Gasteiger partial charge < -0.3 is 9.32 Å². The second kappa shape index (κ2) is 6.68. The molecule has 6 nitrogen and oxygen atoms in total. The minimum absolute atomic E-state index is 0.0487. The quantitative estimate of drug-likeness (QED) is 0.811. The van der Waals surface area contributed by atoms with Gasteiger partial charge in [0.15, 0.2) is 20.6 Å². The fourth-order valence-electron chi connectivity index (χ4n) is 2.89. The van der Waals surface area contributed by atoms with Crippen molar-refractivity contribution in [1.82, 2.24) is 9.88 Å². The Morgan fingerprint density at radius 3 is 2.83 bits per heavy atom. The summed E-state index contributed by atoms with van der Waals surface area (Å²) in [5, 5.41) is 2.36. The highest BCUT2D eigenvalue weighted by Crippen LogP contribution is 2.27. The van der Waals surface area contributed by atoms with Crippen molar-refractivity contribution in [2.45, 2.75) is 32.7 Å². The van der Waals surface area contributed by atoms with Crippen LogP contribution in [0.2, 0.25) is 0 Å². The van der Waals surface area contributed by atoms with E-state index in [-0.39, 0.29) is 23.5 Å². The second-order valence-electron chi connectivity index (χ2n) is 6.00. The van der Waals surface area contributed by atoms with Crippen LogP contribution in [-0.2, 0) is 9.84 Å². The molecule has 1 fully saturated rings. The number of aryl methyl sites for hydroxylation is 1. The molecule has 24 heavy (non-hydrogen) atoms. The summed E-state index contributed by atoms with van der Waals surface area (Å²) in [6.07, 6.45) is 1.28. The fourth-order valence-corrected chi connectivity index (χ4v) is 5.38. The smallest absolute Gasteiger partial charge is 0.273 e. The molecular formula is C16H20N2O4S2. The molecule has 0 N–H and O–H groups in total. The van der Waals surface area contributed by atoms with Crippen LogP contribution in [-0.4, -0.2) is 48.3 Å². The van der Waals surface area contributed by atoms with Gasteiger partial charge in [-0.05, 0) is 31.9 Å². The topological polar surface area (TPSA) is 80.5 Å². The third-order valence-corrected chi connectivity index (χ3v) is 6.66. The Morgan fingerprint density at radius 2 is 2.25 bits per heavy atom. The van der Waals surface area contributed by atoms with Crippen LogP contribution in [0.4, 0.5) is 0 Å². The Kier molecular flexibility index (Phi) is 4.78. The lowest BCUT2D eigenvalue weighted by Gasteiger charge is -2.27. The summed E-state index contributed by atoms with van der Waals surface area (Å²) >= 11 is 1.35. The molecule has 1 aliphatic rings. The van der Waals surface area contributed by atoms with Gasteiger partial charge in [0, 0.05) is 18.0 Å². The van der Waals surface area contributed by atoms with E-state index in [2.05, 4.69) is 4.98 Å². The van der Waals surface area contributed by atoms with E-state index in [4.69, 9.17) is 4.42 Å². The van der Waals surface area contributed by atoms with Crippen molar-refractivity contribution in [2.75, 3.05) is 18.1 Å². The van der Waals surface area contributed by atoms with Gasteiger partial charge >= 0.3 is 0 Å². The molecule has 0 aromatic carbocycles. The van der Waals surface area contributed by atoms with Gasteiger partial charge in [0.1, 0.15) is 11.5 Å².